The molecular formula is C18H29N3O2S. The van der Waals surface area contributed by atoms with E-state index in [9.17, 15) is 9.59 Å². The van der Waals surface area contributed by atoms with Crippen molar-refractivity contribution < 1.29 is 9.59 Å². The largest absolute Gasteiger partial charge is 0.354 e. The number of thiophene rings is 1. The maximum absolute atomic E-state index is 12.5. The van der Waals surface area contributed by atoms with Crippen LogP contribution in [0.5, 0.6) is 0 Å². The van der Waals surface area contributed by atoms with Gasteiger partial charge >= 0.3 is 0 Å². The molecule has 5 nitrogen and oxygen atoms in total. The first-order valence-electron chi connectivity index (χ1n) is 8.86. The van der Waals surface area contributed by atoms with Gasteiger partial charge in [-0.3, -0.25) is 14.5 Å². The molecule has 1 fully saturated rings. The first-order chi connectivity index (χ1) is 11.6. The normalized spacial score (nSPS) is 17.1. The highest BCUT2D eigenvalue weighted by atomic mass is 32.1. The second kappa shape index (κ2) is 9.18. The summed E-state index contributed by atoms with van der Waals surface area (Å²) < 4.78 is 0. The van der Waals surface area contributed by atoms with Gasteiger partial charge < -0.3 is 10.2 Å². The van der Waals surface area contributed by atoms with E-state index in [0.29, 0.717) is 19.6 Å². The lowest BCUT2D eigenvalue weighted by Gasteiger charge is -2.32. The molecule has 24 heavy (non-hydrogen) atoms. The highest BCUT2D eigenvalue weighted by Gasteiger charge is 2.27. The number of carbonyl (C=O) groups is 2. The molecule has 1 N–H and O–H groups in total. The van der Waals surface area contributed by atoms with Crippen LogP contribution in [0.25, 0.3) is 0 Å². The molecule has 2 heterocycles. The Hall–Kier alpha value is -1.40. The summed E-state index contributed by atoms with van der Waals surface area (Å²) in [5.41, 5.74) is 1.27. The number of amides is 2. The Balaban J connectivity index is 1.90. The summed E-state index contributed by atoms with van der Waals surface area (Å²) in [6.45, 7) is 9.85. The van der Waals surface area contributed by atoms with Crippen LogP contribution in [0.4, 0.5) is 0 Å². The molecule has 0 bridgehead atoms. The lowest BCUT2D eigenvalue weighted by Crippen LogP contribution is -2.44. The Bertz CT molecular complexity index is 520. The van der Waals surface area contributed by atoms with E-state index in [1.54, 1.807) is 18.3 Å². The van der Waals surface area contributed by atoms with Crippen molar-refractivity contribution in [3.8, 4) is 0 Å². The molecule has 0 saturated carbocycles. The minimum atomic E-state index is 0.0282. The van der Waals surface area contributed by atoms with Crippen molar-refractivity contribution >= 4 is 23.2 Å². The molecule has 6 heteroatoms. The standard InChI is InChI=1S/C18H29N3O2S/c1-4-20(5-2)17(16-8-11-24-13-16)12-19-18(23)15-6-9-21(10-7-15)14(3)22/h8,11,13,15,17H,4-7,9-10,12H2,1-3H3,(H,19,23). The van der Waals surface area contributed by atoms with Crippen molar-refractivity contribution in [1.82, 2.24) is 15.1 Å². The Labute approximate surface area is 149 Å². The average Bonchev–Trinajstić information content (AvgIpc) is 3.12. The van der Waals surface area contributed by atoms with E-state index < -0.39 is 0 Å². The third-order valence-corrected chi connectivity index (χ3v) is 5.66. The highest BCUT2D eigenvalue weighted by Crippen LogP contribution is 2.23. The zero-order chi connectivity index (χ0) is 17.5. The lowest BCUT2D eigenvalue weighted by molar-refractivity contribution is -0.134. The van der Waals surface area contributed by atoms with E-state index >= 15 is 0 Å². The van der Waals surface area contributed by atoms with Crippen LogP contribution in [0.1, 0.15) is 45.2 Å². The van der Waals surface area contributed by atoms with Crippen LogP contribution in [0.2, 0.25) is 0 Å². The van der Waals surface area contributed by atoms with Crippen molar-refractivity contribution in [3.05, 3.63) is 22.4 Å². The maximum atomic E-state index is 12.5. The van der Waals surface area contributed by atoms with Gasteiger partial charge in [0.1, 0.15) is 0 Å². The maximum Gasteiger partial charge on any atom is 0.223 e. The molecule has 1 aliphatic heterocycles. The Morgan fingerprint density at radius 2 is 2.00 bits per heavy atom. The fraction of sp³-hybridized carbons (Fsp3) is 0.667. The molecule has 134 valence electrons. The van der Waals surface area contributed by atoms with E-state index in [4.69, 9.17) is 0 Å². The number of carbonyl (C=O) groups excluding carboxylic acids is 2. The number of likely N-dealkylation sites (tertiary alicyclic amines) is 1. The topological polar surface area (TPSA) is 52.7 Å². The van der Waals surface area contributed by atoms with Gasteiger partial charge in [-0.05, 0) is 48.3 Å². The Morgan fingerprint density at radius 1 is 1.33 bits per heavy atom. The smallest absolute Gasteiger partial charge is 0.223 e. The van der Waals surface area contributed by atoms with Crippen LogP contribution in [0.3, 0.4) is 0 Å². The van der Waals surface area contributed by atoms with Gasteiger partial charge in [-0.15, -0.1) is 0 Å². The Morgan fingerprint density at radius 3 is 2.50 bits per heavy atom. The minimum absolute atomic E-state index is 0.0282. The number of rotatable bonds is 7. The van der Waals surface area contributed by atoms with Gasteiger partial charge in [0.05, 0.1) is 6.04 Å². The lowest BCUT2D eigenvalue weighted by atomic mass is 9.95. The number of hydrogen-bond donors (Lipinski definition) is 1. The third kappa shape index (κ3) is 4.80. The molecule has 1 aliphatic rings. The number of likely N-dealkylation sites (N-methyl/N-ethyl adjacent to an activating group) is 1. The van der Waals surface area contributed by atoms with Gasteiger partial charge in [-0.1, -0.05) is 13.8 Å². The molecule has 0 spiro atoms. The molecular weight excluding hydrogens is 322 g/mol. The molecule has 1 atom stereocenters. The highest BCUT2D eigenvalue weighted by molar-refractivity contribution is 7.07. The first-order valence-corrected chi connectivity index (χ1v) is 9.80. The summed E-state index contributed by atoms with van der Waals surface area (Å²) in [4.78, 5) is 28.1. The van der Waals surface area contributed by atoms with E-state index in [1.807, 2.05) is 4.90 Å². The number of hydrogen-bond acceptors (Lipinski definition) is 4. The van der Waals surface area contributed by atoms with Crippen LogP contribution < -0.4 is 5.32 Å². The van der Waals surface area contributed by atoms with E-state index in [1.165, 1.54) is 5.56 Å². The molecule has 0 radical (unpaired) electrons. The van der Waals surface area contributed by atoms with Gasteiger partial charge in [0.2, 0.25) is 11.8 Å². The van der Waals surface area contributed by atoms with Crippen LogP contribution >= 0.6 is 11.3 Å². The van der Waals surface area contributed by atoms with Crippen molar-refractivity contribution in [2.45, 2.75) is 39.7 Å². The summed E-state index contributed by atoms with van der Waals surface area (Å²) in [5, 5.41) is 7.41. The molecule has 1 aromatic rings. The van der Waals surface area contributed by atoms with Crippen molar-refractivity contribution in [1.29, 1.82) is 0 Å². The molecule has 1 saturated heterocycles. The summed E-state index contributed by atoms with van der Waals surface area (Å²) >= 11 is 1.69. The van der Waals surface area contributed by atoms with E-state index in [0.717, 1.165) is 25.9 Å². The van der Waals surface area contributed by atoms with Gasteiger partial charge in [0.25, 0.3) is 0 Å². The van der Waals surface area contributed by atoms with Crippen molar-refractivity contribution in [2.75, 3.05) is 32.7 Å². The van der Waals surface area contributed by atoms with Crippen molar-refractivity contribution in [3.63, 3.8) is 0 Å². The van der Waals surface area contributed by atoms with Gasteiger partial charge in [-0.2, -0.15) is 11.3 Å². The minimum Gasteiger partial charge on any atom is -0.354 e. The summed E-state index contributed by atoms with van der Waals surface area (Å²) in [6.07, 6.45) is 1.53. The van der Waals surface area contributed by atoms with Gasteiger partial charge in [-0.25, -0.2) is 0 Å². The number of nitrogens with zero attached hydrogens (tertiary/aromatic N) is 2. The fourth-order valence-corrected chi connectivity index (χ4v) is 4.09. The quantitative estimate of drug-likeness (QED) is 0.821. The molecule has 1 aromatic heterocycles. The average molecular weight is 352 g/mol. The van der Waals surface area contributed by atoms with Gasteiger partial charge in [0, 0.05) is 32.5 Å². The molecule has 0 aromatic carbocycles. The monoisotopic (exact) mass is 351 g/mol. The number of piperidine rings is 1. The van der Waals surface area contributed by atoms with Gasteiger partial charge in [0.15, 0.2) is 0 Å². The van der Waals surface area contributed by atoms with Crippen LogP contribution in [0, 0.1) is 5.92 Å². The molecule has 1 unspecified atom stereocenters. The Kier molecular flexibility index (Phi) is 7.24. The predicted octanol–water partition coefficient (Wildman–Crippen LogP) is 2.51. The van der Waals surface area contributed by atoms with Crippen LogP contribution in [0.15, 0.2) is 16.8 Å². The molecule has 2 amide bonds. The van der Waals surface area contributed by atoms with Crippen LogP contribution in [-0.2, 0) is 9.59 Å². The second-order valence-corrected chi connectivity index (χ2v) is 7.10. The molecule has 0 aliphatic carbocycles. The number of nitrogens with one attached hydrogen (secondary N) is 1. The third-order valence-electron chi connectivity index (χ3n) is 4.96. The molecule has 2 rings (SSSR count). The van der Waals surface area contributed by atoms with Crippen molar-refractivity contribution in [2.24, 2.45) is 5.92 Å². The van der Waals surface area contributed by atoms with E-state index in [-0.39, 0.29) is 23.8 Å². The predicted molar refractivity (Wildman–Crippen MR) is 98.0 cm³/mol. The van der Waals surface area contributed by atoms with E-state index in [2.05, 4.69) is 40.9 Å². The fourth-order valence-electron chi connectivity index (χ4n) is 3.38. The summed E-state index contributed by atoms with van der Waals surface area (Å²) in [5.74, 6) is 0.263. The zero-order valence-corrected chi connectivity index (χ0v) is 15.8. The SMILES string of the molecule is CCN(CC)C(CNC(=O)C1CCN(C(C)=O)CC1)c1ccsc1. The first kappa shape index (κ1) is 18.9. The second-order valence-electron chi connectivity index (χ2n) is 6.32. The zero-order valence-electron chi connectivity index (χ0n) is 15.0. The summed E-state index contributed by atoms with van der Waals surface area (Å²) in [6, 6.07) is 2.37. The summed E-state index contributed by atoms with van der Waals surface area (Å²) in [7, 11) is 0. The van der Waals surface area contributed by atoms with Crippen LogP contribution in [-0.4, -0.2) is 54.3 Å².